The molecule has 2 aromatic carbocycles. The molecule has 0 spiro atoms. The Labute approximate surface area is 143 Å². The first-order valence-corrected chi connectivity index (χ1v) is 12.7. The van der Waals surface area contributed by atoms with Gasteiger partial charge in [0.15, 0.2) is 0 Å². The van der Waals surface area contributed by atoms with E-state index < -0.39 is 8.07 Å². The summed E-state index contributed by atoms with van der Waals surface area (Å²) in [5.41, 5.74) is 2.68. The fourth-order valence-corrected chi connectivity index (χ4v) is 6.12. The number of aryl methyl sites for hydroxylation is 1. The predicted molar refractivity (Wildman–Crippen MR) is 105 cm³/mol. The Bertz CT molecular complexity index is 670. The summed E-state index contributed by atoms with van der Waals surface area (Å²) in [4.78, 5) is 0. The van der Waals surface area contributed by atoms with E-state index in [0.29, 0.717) is 15.4 Å². The summed E-state index contributed by atoms with van der Waals surface area (Å²) in [5, 5.41) is 5.26. The lowest BCUT2D eigenvalue weighted by Gasteiger charge is -2.19. The molecule has 0 heterocycles. The summed E-state index contributed by atoms with van der Waals surface area (Å²) >= 11 is 6.44. The SMILES string of the molecule is Cc1cc([Si]c2cccc(Cl)c2C(C)C)cc([Si](C)(C)C)c1. The molecule has 0 bridgehead atoms. The molecule has 0 aliphatic rings. The fraction of sp³-hybridized carbons (Fsp3) is 0.368. The highest BCUT2D eigenvalue weighted by molar-refractivity contribution is 6.89. The monoisotopic (exact) mass is 344 g/mol. The van der Waals surface area contributed by atoms with E-state index in [1.165, 1.54) is 21.5 Å². The van der Waals surface area contributed by atoms with Gasteiger partial charge in [0.1, 0.15) is 9.52 Å². The van der Waals surface area contributed by atoms with Crippen molar-refractivity contribution in [3.63, 3.8) is 0 Å². The van der Waals surface area contributed by atoms with Crippen molar-refractivity contribution in [2.75, 3.05) is 0 Å². The Morgan fingerprint density at radius 2 is 1.73 bits per heavy atom. The minimum absolute atomic E-state index is 0.456. The number of rotatable bonds is 4. The van der Waals surface area contributed by atoms with E-state index >= 15 is 0 Å². The zero-order valence-electron chi connectivity index (χ0n) is 14.4. The maximum Gasteiger partial charge on any atom is 0.121 e. The van der Waals surface area contributed by atoms with Gasteiger partial charge in [-0.2, -0.15) is 0 Å². The summed E-state index contributed by atoms with van der Waals surface area (Å²) in [6, 6.07) is 13.4. The second-order valence-corrected chi connectivity index (χ2v) is 14.2. The second kappa shape index (κ2) is 6.73. The molecule has 116 valence electrons. The van der Waals surface area contributed by atoms with Crippen molar-refractivity contribution in [1.29, 1.82) is 0 Å². The molecule has 0 fully saturated rings. The molecule has 0 N–H and O–H groups in total. The van der Waals surface area contributed by atoms with Crippen LogP contribution in [0.3, 0.4) is 0 Å². The van der Waals surface area contributed by atoms with Crippen molar-refractivity contribution in [3.05, 3.63) is 52.5 Å². The van der Waals surface area contributed by atoms with E-state index in [9.17, 15) is 0 Å². The van der Waals surface area contributed by atoms with Gasteiger partial charge in [0.25, 0.3) is 0 Å². The first-order chi connectivity index (χ1) is 10.2. The normalized spacial score (nSPS) is 12.0. The molecule has 2 aromatic rings. The zero-order chi connectivity index (χ0) is 16.5. The van der Waals surface area contributed by atoms with E-state index in [1.54, 1.807) is 5.19 Å². The molecule has 0 unspecified atom stereocenters. The van der Waals surface area contributed by atoms with Gasteiger partial charge in [0, 0.05) is 5.02 Å². The lowest BCUT2D eigenvalue weighted by atomic mass is 10.0. The van der Waals surface area contributed by atoms with E-state index in [4.69, 9.17) is 11.6 Å². The van der Waals surface area contributed by atoms with Gasteiger partial charge in [0.2, 0.25) is 0 Å². The van der Waals surface area contributed by atoms with Gasteiger partial charge in [-0.25, -0.2) is 0 Å². The molecule has 0 amide bonds. The standard InChI is InChI=1S/C19H25ClSi2/c1-13(2)19-17(20)8-7-9-18(19)21-15-10-14(3)11-16(12-15)22(4,5)6/h7-13H,1-6H3. The zero-order valence-corrected chi connectivity index (χ0v) is 17.2. The third-order valence-electron chi connectivity index (χ3n) is 3.85. The molecule has 0 aliphatic carbocycles. The van der Waals surface area contributed by atoms with Crippen LogP contribution >= 0.6 is 11.6 Å². The maximum atomic E-state index is 6.44. The van der Waals surface area contributed by atoms with Crippen molar-refractivity contribution in [3.8, 4) is 0 Å². The van der Waals surface area contributed by atoms with Gasteiger partial charge < -0.3 is 0 Å². The molecule has 0 aromatic heterocycles. The summed E-state index contributed by atoms with van der Waals surface area (Å²) in [6.07, 6.45) is 0. The largest absolute Gasteiger partial charge is 0.121 e. The maximum absolute atomic E-state index is 6.44. The Hall–Kier alpha value is -0.836. The Morgan fingerprint density at radius 1 is 1.05 bits per heavy atom. The first-order valence-electron chi connectivity index (χ1n) is 7.86. The van der Waals surface area contributed by atoms with E-state index in [2.05, 4.69) is 70.7 Å². The van der Waals surface area contributed by atoms with Crippen LogP contribution in [0.1, 0.15) is 30.9 Å². The smallest absolute Gasteiger partial charge is 0.0840 e. The van der Waals surface area contributed by atoms with Gasteiger partial charge in [-0.15, -0.1) is 0 Å². The van der Waals surface area contributed by atoms with Crippen LogP contribution in [0.4, 0.5) is 0 Å². The fourth-order valence-electron chi connectivity index (χ4n) is 2.68. The number of hydrogen-bond acceptors (Lipinski definition) is 0. The van der Waals surface area contributed by atoms with Crippen molar-refractivity contribution < 1.29 is 0 Å². The number of hydrogen-bond donors (Lipinski definition) is 0. The van der Waals surface area contributed by atoms with Crippen LogP contribution < -0.4 is 15.6 Å². The molecule has 3 heteroatoms. The van der Waals surface area contributed by atoms with E-state index in [0.717, 1.165) is 5.02 Å². The molecule has 2 rings (SSSR count). The minimum atomic E-state index is -1.28. The average Bonchev–Trinajstić information content (AvgIpc) is 2.36. The molecule has 0 nitrogen and oxygen atoms in total. The topological polar surface area (TPSA) is 0 Å². The molecule has 22 heavy (non-hydrogen) atoms. The molecular weight excluding hydrogens is 320 g/mol. The summed E-state index contributed by atoms with van der Waals surface area (Å²) in [5.74, 6) is 0.456. The number of benzene rings is 2. The Morgan fingerprint density at radius 3 is 2.32 bits per heavy atom. The summed E-state index contributed by atoms with van der Waals surface area (Å²) in [7, 11) is -0.607. The third kappa shape index (κ3) is 4.12. The molecule has 0 aliphatic heterocycles. The van der Waals surface area contributed by atoms with Gasteiger partial charge in [-0.1, -0.05) is 96.5 Å². The second-order valence-electron chi connectivity index (χ2n) is 7.32. The Balaban J connectivity index is 2.44. The van der Waals surface area contributed by atoms with Crippen LogP contribution in [-0.4, -0.2) is 17.6 Å². The van der Waals surface area contributed by atoms with Crippen molar-refractivity contribution in [1.82, 2.24) is 0 Å². The van der Waals surface area contributed by atoms with Gasteiger partial charge in [-0.3, -0.25) is 0 Å². The summed E-state index contributed by atoms with van der Waals surface area (Å²) in [6.45, 7) is 13.9. The molecule has 0 saturated carbocycles. The van der Waals surface area contributed by atoms with Crippen LogP contribution in [0.25, 0.3) is 0 Å². The first kappa shape index (κ1) is 17.5. The molecule has 0 atom stereocenters. The van der Waals surface area contributed by atoms with Crippen LogP contribution in [0, 0.1) is 6.92 Å². The van der Waals surface area contributed by atoms with Crippen LogP contribution in [0.5, 0.6) is 0 Å². The van der Waals surface area contributed by atoms with Crippen molar-refractivity contribution >= 4 is 44.8 Å². The molecule has 0 saturated heterocycles. The minimum Gasteiger partial charge on any atom is -0.0840 e. The number of halogens is 1. The van der Waals surface area contributed by atoms with Crippen LogP contribution in [0.15, 0.2) is 36.4 Å². The van der Waals surface area contributed by atoms with E-state index in [-0.39, 0.29) is 0 Å². The van der Waals surface area contributed by atoms with Crippen LogP contribution in [-0.2, 0) is 0 Å². The lowest BCUT2D eigenvalue weighted by Crippen LogP contribution is -2.41. The molecular formula is C19H25ClSi2. The van der Waals surface area contributed by atoms with Gasteiger partial charge >= 0.3 is 0 Å². The quantitative estimate of drug-likeness (QED) is 0.736. The third-order valence-corrected chi connectivity index (χ3v) is 7.49. The highest BCUT2D eigenvalue weighted by Gasteiger charge is 2.18. The highest BCUT2D eigenvalue weighted by atomic mass is 35.5. The van der Waals surface area contributed by atoms with Crippen molar-refractivity contribution in [2.45, 2.75) is 46.3 Å². The van der Waals surface area contributed by atoms with Crippen molar-refractivity contribution in [2.24, 2.45) is 0 Å². The highest BCUT2D eigenvalue weighted by Crippen LogP contribution is 2.21. The van der Waals surface area contributed by atoms with E-state index in [1.807, 2.05) is 6.07 Å². The summed E-state index contributed by atoms with van der Waals surface area (Å²) < 4.78 is 0. The van der Waals surface area contributed by atoms with Gasteiger partial charge in [-0.05, 0) is 24.5 Å². The average molecular weight is 345 g/mol. The Kier molecular flexibility index (Phi) is 5.36. The van der Waals surface area contributed by atoms with Gasteiger partial charge in [0.05, 0.1) is 8.07 Å². The van der Waals surface area contributed by atoms with Crippen LogP contribution in [0.2, 0.25) is 24.7 Å². The lowest BCUT2D eigenvalue weighted by molar-refractivity contribution is 0.873. The predicted octanol–water partition coefficient (Wildman–Crippen LogP) is 3.97. The molecule has 2 radical (unpaired) electrons.